The summed E-state index contributed by atoms with van der Waals surface area (Å²) in [5.74, 6) is 0. The third-order valence-electron chi connectivity index (χ3n) is 2.95. The number of fused-ring (bicyclic) bond motifs is 1. The first-order valence-electron chi connectivity index (χ1n) is 6.12. The van der Waals surface area contributed by atoms with E-state index in [0.29, 0.717) is 0 Å². The number of hydrogen-bond donors (Lipinski definition) is 1. The van der Waals surface area contributed by atoms with Crippen LogP contribution < -0.4 is 5.32 Å². The number of hydrogen-bond acceptors (Lipinski definition) is 2. The average Bonchev–Trinajstić information content (AvgIpc) is 2.76. The number of ether oxygens (including phenoxy) is 1. The molecule has 0 radical (unpaired) electrons. The Balaban J connectivity index is 2.19. The molecule has 0 amide bonds. The molecule has 0 atom stereocenters. The Morgan fingerprint density at radius 3 is 2.94 bits per heavy atom. The lowest BCUT2D eigenvalue weighted by Crippen LogP contribution is -2.11. The van der Waals surface area contributed by atoms with Crippen molar-refractivity contribution < 1.29 is 4.74 Å². The standard InChI is InChI=1S/C14H20N2O/c1-3-15-11-12-4-5-14-13(10-12)6-7-16(14)8-9-17-2/h4-7,10,15H,3,8-9,11H2,1-2H3. The number of benzene rings is 1. The molecule has 0 aliphatic heterocycles. The van der Waals surface area contributed by atoms with Gasteiger partial charge in [-0.15, -0.1) is 0 Å². The smallest absolute Gasteiger partial charge is 0.0641 e. The molecule has 3 nitrogen and oxygen atoms in total. The lowest BCUT2D eigenvalue weighted by Gasteiger charge is -2.06. The van der Waals surface area contributed by atoms with Crippen molar-refractivity contribution in [1.82, 2.24) is 9.88 Å². The number of nitrogens with one attached hydrogen (secondary N) is 1. The molecule has 0 unspecified atom stereocenters. The molecule has 2 rings (SSSR count). The van der Waals surface area contributed by atoms with Crippen LogP contribution >= 0.6 is 0 Å². The Morgan fingerprint density at radius 1 is 1.29 bits per heavy atom. The van der Waals surface area contributed by atoms with Gasteiger partial charge in [0.2, 0.25) is 0 Å². The van der Waals surface area contributed by atoms with Crippen LogP contribution in [0.5, 0.6) is 0 Å². The summed E-state index contributed by atoms with van der Waals surface area (Å²) in [5, 5.41) is 4.65. The quantitative estimate of drug-likeness (QED) is 0.827. The average molecular weight is 232 g/mol. The van der Waals surface area contributed by atoms with Crippen LogP contribution in [0, 0.1) is 0 Å². The second-order valence-corrected chi connectivity index (χ2v) is 4.18. The van der Waals surface area contributed by atoms with E-state index >= 15 is 0 Å². The molecule has 0 saturated carbocycles. The topological polar surface area (TPSA) is 26.2 Å². The summed E-state index contributed by atoms with van der Waals surface area (Å²) in [7, 11) is 1.74. The van der Waals surface area contributed by atoms with Crippen molar-refractivity contribution in [2.45, 2.75) is 20.0 Å². The van der Waals surface area contributed by atoms with Crippen LogP contribution in [0.2, 0.25) is 0 Å². The third kappa shape index (κ3) is 2.87. The van der Waals surface area contributed by atoms with E-state index in [2.05, 4.69) is 47.3 Å². The SMILES string of the molecule is CCNCc1ccc2c(ccn2CCOC)c1. The monoisotopic (exact) mass is 232 g/mol. The van der Waals surface area contributed by atoms with Gasteiger partial charge in [0.15, 0.2) is 0 Å². The van der Waals surface area contributed by atoms with E-state index in [-0.39, 0.29) is 0 Å². The van der Waals surface area contributed by atoms with Gasteiger partial charge in [-0.2, -0.15) is 0 Å². The van der Waals surface area contributed by atoms with Crippen LogP contribution in [0.3, 0.4) is 0 Å². The Hall–Kier alpha value is -1.32. The number of nitrogens with zero attached hydrogens (tertiary/aromatic N) is 1. The highest BCUT2D eigenvalue weighted by molar-refractivity contribution is 5.80. The van der Waals surface area contributed by atoms with E-state index in [1.54, 1.807) is 7.11 Å². The fourth-order valence-electron chi connectivity index (χ4n) is 2.01. The first-order valence-corrected chi connectivity index (χ1v) is 6.12. The predicted octanol–water partition coefficient (Wildman–Crippen LogP) is 2.40. The summed E-state index contributed by atoms with van der Waals surface area (Å²) >= 11 is 0. The minimum Gasteiger partial charge on any atom is -0.383 e. The van der Waals surface area contributed by atoms with Crippen molar-refractivity contribution in [2.24, 2.45) is 0 Å². The van der Waals surface area contributed by atoms with Crippen molar-refractivity contribution in [3.05, 3.63) is 36.0 Å². The summed E-state index contributed by atoms with van der Waals surface area (Å²) in [6, 6.07) is 8.80. The van der Waals surface area contributed by atoms with Crippen molar-refractivity contribution in [2.75, 3.05) is 20.3 Å². The zero-order valence-electron chi connectivity index (χ0n) is 10.6. The molecule has 1 aromatic heterocycles. The van der Waals surface area contributed by atoms with Crippen molar-refractivity contribution in [3.8, 4) is 0 Å². The highest BCUT2D eigenvalue weighted by Crippen LogP contribution is 2.17. The summed E-state index contributed by atoms with van der Waals surface area (Å²) < 4.78 is 7.34. The van der Waals surface area contributed by atoms with Gasteiger partial charge in [0.05, 0.1) is 6.61 Å². The van der Waals surface area contributed by atoms with Crippen molar-refractivity contribution >= 4 is 10.9 Å². The van der Waals surface area contributed by atoms with Gasteiger partial charge in [0.25, 0.3) is 0 Å². The molecule has 0 spiro atoms. The van der Waals surface area contributed by atoms with E-state index in [4.69, 9.17) is 4.74 Å². The molecular weight excluding hydrogens is 212 g/mol. The van der Waals surface area contributed by atoms with E-state index in [1.165, 1.54) is 16.5 Å². The molecule has 0 saturated heterocycles. The maximum atomic E-state index is 5.11. The second-order valence-electron chi connectivity index (χ2n) is 4.18. The fraction of sp³-hybridized carbons (Fsp3) is 0.429. The van der Waals surface area contributed by atoms with Gasteiger partial charge in [-0.1, -0.05) is 13.0 Å². The molecule has 92 valence electrons. The number of methoxy groups -OCH3 is 1. The lowest BCUT2D eigenvalue weighted by molar-refractivity contribution is 0.188. The van der Waals surface area contributed by atoms with Crippen molar-refractivity contribution in [1.29, 1.82) is 0 Å². The van der Waals surface area contributed by atoms with Gasteiger partial charge < -0.3 is 14.6 Å². The van der Waals surface area contributed by atoms with Crippen LogP contribution in [0.4, 0.5) is 0 Å². The van der Waals surface area contributed by atoms with Gasteiger partial charge in [-0.3, -0.25) is 0 Å². The molecule has 3 heteroatoms. The maximum Gasteiger partial charge on any atom is 0.0641 e. The Morgan fingerprint density at radius 2 is 2.18 bits per heavy atom. The van der Waals surface area contributed by atoms with Crippen LogP contribution in [0.25, 0.3) is 10.9 Å². The second kappa shape index (κ2) is 5.84. The summed E-state index contributed by atoms with van der Waals surface area (Å²) in [4.78, 5) is 0. The number of aromatic nitrogens is 1. The summed E-state index contributed by atoms with van der Waals surface area (Å²) in [6.07, 6.45) is 2.13. The lowest BCUT2D eigenvalue weighted by atomic mass is 10.1. The first kappa shape index (κ1) is 12.1. The van der Waals surface area contributed by atoms with Gasteiger partial charge in [-0.05, 0) is 35.7 Å². The highest BCUT2D eigenvalue weighted by atomic mass is 16.5. The Labute approximate surface area is 102 Å². The zero-order chi connectivity index (χ0) is 12.1. The number of rotatable bonds is 6. The Kier molecular flexibility index (Phi) is 4.18. The normalized spacial score (nSPS) is 11.2. The molecule has 0 bridgehead atoms. The molecule has 0 aliphatic rings. The van der Waals surface area contributed by atoms with Gasteiger partial charge in [0.1, 0.15) is 0 Å². The third-order valence-corrected chi connectivity index (χ3v) is 2.95. The molecule has 1 aromatic carbocycles. The van der Waals surface area contributed by atoms with Gasteiger partial charge in [-0.25, -0.2) is 0 Å². The molecule has 1 heterocycles. The molecular formula is C14H20N2O. The van der Waals surface area contributed by atoms with Crippen LogP contribution in [-0.4, -0.2) is 24.8 Å². The van der Waals surface area contributed by atoms with Crippen LogP contribution in [-0.2, 0) is 17.8 Å². The fourth-order valence-corrected chi connectivity index (χ4v) is 2.01. The van der Waals surface area contributed by atoms with Crippen LogP contribution in [0.1, 0.15) is 12.5 Å². The maximum absolute atomic E-state index is 5.11. The largest absolute Gasteiger partial charge is 0.383 e. The van der Waals surface area contributed by atoms with Gasteiger partial charge >= 0.3 is 0 Å². The summed E-state index contributed by atoms with van der Waals surface area (Å²) in [6.45, 7) is 5.73. The molecule has 17 heavy (non-hydrogen) atoms. The highest BCUT2D eigenvalue weighted by Gasteiger charge is 2.01. The molecule has 0 fully saturated rings. The van der Waals surface area contributed by atoms with Gasteiger partial charge in [0, 0.05) is 31.9 Å². The van der Waals surface area contributed by atoms with E-state index < -0.39 is 0 Å². The minimum absolute atomic E-state index is 0.753. The molecule has 1 N–H and O–H groups in total. The first-order chi connectivity index (χ1) is 8.35. The predicted molar refractivity (Wildman–Crippen MR) is 71.2 cm³/mol. The molecule has 0 aliphatic carbocycles. The van der Waals surface area contributed by atoms with E-state index in [1.807, 2.05) is 0 Å². The summed E-state index contributed by atoms with van der Waals surface area (Å²) in [5.41, 5.74) is 2.62. The van der Waals surface area contributed by atoms with E-state index in [0.717, 1.165) is 26.2 Å². The van der Waals surface area contributed by atoms with Crippen LogP contribution in [0.15, 0.2) is 30.5 Å². The zero-order valence-corrected chi connectivity index (χ0v) is 10.6. The van der Waals surface area contributed by atoms with Crippen molar-refractivity contribution in [3.63, 3.8) is 0 Å². The Bertz CT molecular complexity index is 476. The minimum atomic E-state index is 0.753. The van der Waals surface area contributed by atoms with E-state index in [9.17, 15) is 0 Å². The molecule has 2 aromatic rings.